The van der Waals surface area contributed by atoms with Crippen LogP contribution < -0.4 is 5.32 Å². The molecule has 1 rings (SSSR count). The molecule has 1 heterocycles. The van der Waals surface area contributed by atoms with E-state index in [0.717, 1.165) is 32.6 Å². The van der Waals surface area contributed by atoms with E-state index in [4.69, 9.17) is 4.74 Å². The van der Waals surface area contributed by atoms with Crippen LogP contribution in [0.25, 0.3) is 0 Å². The van der Waals surface area contributed by atoms with Gasteiger partial charge in [-0.3, -0.25) is 4.79 Å². The number of carbonyl (C=O) groups is 1. The second kappa shape index (κ2) is 5.27. The van der Waals surface area contributed by atoms with Crippen molar-refractivity contribution < 1.29 is 9.53 Å². The van der Waals surface area contributed by atoms with Crippen molar-refractivity contribution in [2.24, 2.45) is 5.92 Å². The molecule has 0 aromatic heterocycles. The summed E-state index contributed by atoms with van der Waals surface area (Å²) in [7, 11) is 1.87. The van der Waals surface area contributed by atoms with Crippen LogP contribution in [0.2, 0.25) is 0 Å². The lowest BCUT2D eigenvalue weighted by molar-refractivity contribution is -0.125. The molecule has 70 valence electrons. The Morgan fingerprint density at radius 1 is 1.50 bits per heavy atom. The zero-order valence-electron chi connectivity index (χ0n) is 7.64. The molecule has 0 radical (unpaired) electrons. The molecule has 3 heteroatoms. The Kier molecular flexibility index (Phi) is 4.25. The average Bonchev–Trinajstić information content (AvgIpc) is 2.15. The first-order chi connectivity index (χ1) is 5.84. The second-order valence-electron chi connectivity index (χ2n) is 3.21. The molecular weight excluding hydrogens is 154 g/mol. The highest BCUT2D eigenvalue weighted by Crippen LogP contribution is 2.16. The van der Waals surface area contributed by atoms with Crippen LogP contribution in [-0.4, -0.2) is 32.6 Å². The van der Waals surface area contributed by atoms with Crippen molar-refractivity contribution in [3.05, 3.63) is 0 Å². The molecule has 0 atom stereocenters. The molecule has 0 aliphatic carbocycles. The van der Waals surface area contributed by atoms with Crippen molar-refractivity contribution >= 4 is 5.78 Å². The van der Waals surface area contributed by atoms with Crippen LogP contribution in [0.1, 0.15) is 19.3 Å². The summed E-state index contributed by atoms with van der Waals surface area (Å²) in [4.78, 5) is 11.5. The minimum Gasteiger partial charge on any atom is -0.381 e. The second-order valence-corrected chi connectivity index (χ2v) is 3.21. The fourth-order valence-corrected chi connectivity index (χ4v) is 1.47. The molecule has 0 aromatic rings. The van der Waals surface area contributed by atoms with Gasteiger partial charge in [0.1, 0.15) is 5.78 Å². The summed E-state index contributed by atoms with van der Waals surface area (Å²) in [6.07, 6.45) is 2.51. The molecule has 0 saturated carbocycles. The van der Waals surface area contributed by atoms with Crippen LogP contribution in [0, 0.1) is 5.92 Å². The number of hydrogen-bond donors (Lipinski definition) is 1. The van der Waals surface area contributed by atoms with Gasteiger partial charge in [-0.1, -0.05) is 0 Å². The van der Waals surface area contributed by atoms with Gasteiger partial charge in [0.15, 0.2) is 0 Å². The molecule has 1 saturated heterocycles. The molecular formula is C9H17NO2. The zero-order chi connectivity index (χ0) is 8.81. The van der Waals surface area contributed by atoms with Crippen molar-refractivity contribution in [3.8, 4) is 0 Å². The Labute approximate surface area is 73.5 Å². The van der Waals surface area contributed by atoms with Gasteiger partial charge in [0.25, 0.3) is 0 Å². The van der Waals surface area contributed by atoms with Crippen molar-refractivity contribution in [1.29, 1.82) is 0 Å². The maximum atomic E-state index is 11.5. The quantitative estimate of drug-likeness (QED) is 0.673. The highest BCUT2D eigenvalue weighted by Gasteiger charge is 2.20. The summed E-state index contributed by atoms with van der Waals surface area (Å²) in [6.45, 7) is 2.32. The molecule has 0 unspecified atom stereocenters. The Hall–Kier alpha value is -0.410. The van der Waals surface area contributed by atoms with Gasteiger partial charge in [0.2, 0.25) is 0 Å². The average molecular weight is 171 g/mol. The molecule has 0 amide bonds. The molecule has 12 heavy (non-hydrogen) atoms. The minimum absolute atomic E-state index is 0.270. The highest BCUT2D eigenvalue weighted by atomic mass is 16.5. The van der Waals surface area contributed by atoms with Gasteiger partial charge in [-0.15, -0.1) is 0 Å². The third kappa shape index (κ3) is 2.91. The molecule has 3 nitrogen and oxygen atoms in total. The van der Waals surface area contributed by atoms with Gasteiger partial charge in [-0.25, -0.2) is 0 Å². The van der Waals surface area contributed by atoms with Gasteiger partial charge in [-0.05, 0) is 19.9 Å². The summed E-state index contributed by atoms with van der Waals surface area (Å²) >= 11 is 0. The lowest BCUT2D eigenvalue weighted by Gasteiger charge is -2.20. The topological polar surface area (TPSA) is 38.3 Å². The van der Waals surface area contributed by atoms with E-state index in [1.165, 1.54) is 0 Å². The van der Waals surface area contributed by atoms with Gasteiger partial charge in [0.05, 0.1) is 0 Å². The number of ketones is 1. The number of hydrogen-bond acceptors (Lipinski definition) is 3. The third-order valence-electron chi connectivity index (χ3n) is 2.30. The van der Waals surface area contributed by atoms with E-state index in [1.807, 2.05) is 7.05 Å². The molecule has 1 aliphatic heterocycles. The van der Waals surface area contributed by atoms with Crippen LogP contribution in [-0.2, 0) is 9.53 Å². The number of Topliss-reactive ketones (excluding diaryl/α,β-unsaturated/α-hetero) is 1. The monoisotopic (exact) mass is 171 g/mol. The van der Waals surface area contributed by atoms with E-state index >= 15 is 0 Å². The number of rotatable bonds is 4. The normalized spacial score (nSPS) is 19.4. The first-order valence-electron chi connectivity index (χ1n) is 4.59. The molecule has 0 bridgehead atoms. The van der Waals surface area contributed by atoms with E-state index in [2.05, 4.69) is 5.32 Å². The summed E-state index contributed by atoms with van der Waals surface area (Å²) in [6, 6.07) is 0. The van der Waals surface area contributed by atoms with Crippen LogP contribution in [0.4, 0.5) is 0 Å². The predicted octanol–water partition coefficient (Wildman–Crippen LogP) is 0.592. The summed E-state index contributed by atoms with van der Waals surface area (Å²) in [5.74, 6) is 0.666. The number of nitrogens with one attached hydrogen (secondary N) is 1. The first kappa shape index (κ1) is 9.68. The number of carbonyl (C=O) groups excluding carboxylic acids is 1. The standard InChI is InChI=1S/C9H17NO2/c1-10-5-2-9(11)8-3-6-12-7-4-8/h8,10H,2-7H2,1H3. The lowest BCUT2D eigenvalue weighted by Crippen LogP contribution is -2.25. The van der Waals surface area contributed by atoms with Crippen molar-refractivity contribution in [1.82, 2.24) is 5.32 Å². The van der Waals surface area contributed by atoms with E-state index in [0.29, 0.717) is 12.2 Å². The Morgan fingerprint density at radius 3 is 2.75 bits per heavy atom. The van der Waals surface area contributed by atoms with Gasteiger partial charge in [0, 0.05) is 32.1 Å². The summed E-state index contributed by atoms with van der Waals surface area (Å²) < 4.78 is 5.19. The van der Waals surface area contributed by atoms with Crippen molar-refractivity contribution in [3.63, 3.8) is 0 Å². The highest BCUT2D eigenvalue weighted by molar-refractivity contribution is 5.81. The Balaban J connectivity index is 2.20. The SMILES string of the molecule is CNCCC(=O)C1CCOCC1. The zero-order valence-corrected chi connectivity index (χ0v) is 7.64. The van der Waals surface area contributed by atoms with E-state index in [9.17, 15) is 4.79 Å². The maximum Gasteiger partial charge on any atom is 0.137 e. The van der Waals surface area contributed by atoms with E-state index in [-0.39, 0.29) is 5.92 Å². The van der Waals surface area contributed by atoms with Crippen LogP contribution in [0.5, 0.6) is 0 Å². The van der Waals surface area contributed by atoms with Crippen LogP contribution >= 0.6 is 0 Å². The lowest BCUT2D eigenvalue weighted by atomic mass is 9.94. The fourth-order valence-electron chi connectivity index (χ4n) is 1.47. The fraction of sp³-hybridized carbons (Fsp3) is 0.889. The molecule has 1 fully saturated rings. The summed E-state index contributed by atoms with van der Waals surface area (Å²) in [5.41, 5.74) is 0. The van der Waals surface area contributed by atoms with Crippen LogP contribution in [0.3, 0.4) is 0 Å². The molecule has 1 aliphatic rings. The Bertz CT molecular complexity index is 141. The molecule has 0 aromatic carbocycles. The van der Waals surface area contributed by atoms with Gasteiger partial charge in [-0.2, -0.15) is 0 Å². The van der Waals surface area contributed by atoms with Gasteiger partial charge >= 0.3 is 0 Å². The summed E-state index contributed by atoms with van der Waals surface area (Å²) in [5, 5.41) is 2.99. The van der Waals surface area contributed by atoms with E-state index in [1.54, 1.807) is 0 Å². The Morgan fingerprint density at radius 2 is 2.17 bits per heavy atom. The van der Waals surface area contributed by atoms with E-state index < -0.39 is 0 Å². The maximum absolute atomic E-state index is 11.5. The first-order valence-corrected chi connectivity index (χ1v) is 4.59. The minimum atomic E-state index is 0.270. The number of ether oxygens (including phenoxy) is 1. The van der Waals surface area contributed by atoms with Gasteiger partial charge < -0.3 is 10.1 Å². The van der Waals surface area contributed by atoms with Crippen LogP contribution in [0.15, 0.2) is 0 Å². The third-order valence-corrected chi connectivity index (χ3v) is 2.30. The van der Waals surface area contributed by atoms with Crippen molar-refractivity contribution in [2.45, 2.75) is 19.3 Å². The largest absolute Gasteiger partial charge is 0.381 e. The predicted molar refractivity (Wildman–Crippen MR) is 47.1 cm³/mol. The smallest absolute Gasteiger partial charge is 0.137 e. The molecule has 1 N–H and O–H groups in total. The van der Waals surface area contributed by atoms with Crippen molar-refractivity contribution in [2.75, 3.05) is 26.8 Å². The molecule has 0 spiro atoms.